The van der Waals surface area contributed by atoms with Crippen LogP contribution in [0.4, 0.5) is 10.1 Å². The van der Waals surface area contributed by atoms with Gasteiger partial charge in [-0.05, 0) is 76.2 Å². The van der Waals surface area contributed by atoms with E-state index in [9.17, 15) is 27.2 Å². The number of ether oxygens (including phenoxy) is 1. The third-order valence-electron chi connectivity index (χ3n) is 5.07. The van der Waals surface area contributed by atoms with E-state index in [0.717, 1.165) is 33.5 Å². The molecule has 33 heavy (non-hydrogen) atoms. The summed E-state index contributed by atoms with van der Waals surface area (Å²) in [6.07, 6.45) is -0.351. The quantitative estimate of drug-likeness (QED) is 0.469. The number of halogens is 1. The minimum absolute atomic E-state index is 0.184. The molecule has 0 aliphatic carbocycles. The second-order valence-corrected chi connectivity index (χ2v) is 10.3. The van der Waals surface area contributed by atoms with Gasteiger partial charge in [-0.2, -0.15) is 4.31 Å². The van der Waals surface area contributed by atoms with Crippen molar-refractivity contribution in [3.63, 3.8) is 0 Å². The van der Waals surface area contributed by atoms with Crippen LogP contribution >= 0.6 is 0 Å². The Morgan fingerprint density at radius 2 is 1.67 bits per heavy atom. The van der Waals surface area contributed by atoms with Crippen LogP contribution in [0.15, 0.2) is 53.4 Å². The number of anilines is 1. The van der Waals surface area contributed by atoms with Gasteiger partial charge in [-0.1, -0.05) is 0 Å². The molecule has 0 radical (unpaired) electrons. The van der Waals surface area contributed by atoms with Gasteiger partial charge < -0.3 is 4.74 Å². The lowest BCUT2D eigenvalue weighted by Crippen LogP contribution is -2.54. The number of rotatable bonds is 6. The molecule has 1 fully saturated rings. The van der Waals surface area contributed by atoms with Crippen LogP contribution in [0.2, 0.25) is 0 Å². The molecule has 1 heterocycles. The first-order valence-corrected chi connectivity index (χ1v) is 11.8. The van der Waals surface area contributed by atoms with Crippen LogP contribution in [0.25, 0.3) is 0 Å². The van der Waals surface area contributed by atoms with Gasteiger partial charge in [-0.3, -0.25) is 9.59 Å². The van der Waals surface area contributed by atoms with Crippen molar-refractivity contribution in [3.05, 3.63) is 59.9 Å². The number of hydrogen-bond donors (Lipinski definition) is 0. The summed E-state index contributed by atoms with van der Waals surface area (Å²) in [5, 5.41) is 0. The van der Waals surface area contributed by atoms with Gasteiger partial charge in [0.05, 0.1) is 29.2 Å². The standard InChI is InChI=1S/C23H25FN2O6S/c1-5-32-22(29)15-6-10-17(11-7-15)25-20(27)14-19(21(25)28)26(23(2,3)4)33(30,31)18-12-8-16(24)9-13-18/h6-13,19H,5,14H2,1-4H3. The molecule has 0 spiro atoms. The number of hydrogen-bond acceptors (Lipinski definition) is 6. The lowest BCUT2D eigenvalue weighted by atomic mass is 10.1. The van der Waals surface area contributed by atoms with Gasteiger partial charge in [0, 0.05) is 5.54 Å². The van der Waals surface area contributed by atoms with Crippen LogP contribution in [0.1, 0.15) is 44.5 Å². The maximum Gasteiger partial charge on any atom is 0.338 e. The summed E-state index contributed by atoms with van der Waals surface area (Å²) in [6, 6.07) is 8.72. The third kappa shape index (κ3) is 4.81. The Morgan fingerprint density at radius 1 is 1.09 bits per heavy atom. The van der Waals surface area contributed by atoms with E-state index in [0.29, 0.717) is 0 Å². The fourth-order valence-electron chi connectivity index (χ4n) is 3.75. The van der Waals surface area contributed by atoms with Crippen molar-refractivity contribution in [1.82, 2.24) is 4.31 Å². The first-order chi connectivity index (χ1) is 15.4. The van der Waals surface area contributed by atoms with Crippen LogP contribution in [0.5, 0.6) is 0 Å². The molecule has 1 atom stereocenters. The normalized spacial score (nSPS) is 17.0. The lowest BCUT2D eigenvalue weighted by molar-refractivity contribution is -0.122. The number of carbonyl (C=O) groups excluding carboxylic acids is 3. The van der Waals surface area contributed by atoms with Crippen molar-refractivity contribution in [1.29, 1.82) is 0 Å². The van der Waals surface area contributed by atoms with Crippen molar-refractivity contribution in [3.8, 4) is 0 Å². The van der Waals surface area contributed by atoms with Gasteiger partial charge in [-0.15, -0.1) is 0 Å². The molecule has 8 nitrogen and oxygen atoms in total. The molecular weight excluding hydrogens is 451 g/mol. The van der Waals surface area contributed by atoms with E-state index >= 15 is 0 Å². The monoisotopic (exact) mass is 476 g/mol. The summed E-state index contributed by atoms with van der Waals surface area (Å²) in [7, 11) is -4.24. The highest BCUT2D eigenvalue weighted by Crippen LogP contribution is 2.34. The smallest absolute Gasteiger partial charge is 0.338 e. The van der Waals surface area contributed by atoms with Crippen LogP contribution in [-0.2, 0) is 24.3 Å². The Bertz CT molecular complexity index is 1170. The number of benzene rings is 2. The van der Waals surface area contributed by atoms with Gasteiger partial charge in [0.15, 0.2) is 0 Å². The SMILES string of the molecule is CCOC(=O)c1ccc(N2C(=O)CC(N(C(C)(C)C)S(=O)(=O)c3ccc(F)cc3)C2=O)cc1. The van der Waals surface area contributed by atoms with Gasteiger partial charge in [0.2, 0.25) is 15.9 Å². The Hall–Kier alpha value is -3.11. The molecule has 0 N–H and O–H groups in total. The minimum atomic E-state index is -4.24. The van der Waals surface area contributed by atoms with Crippen LogP contribution in [0.3, 0.4) is 0 Å². The summed E-state index contributed by atoms with van der Waals surface area (Å²) < 4.78 is 46.1. The molecule has 0 saturated carbocycles. The predicted octanol–water partition coefficient (Wildman–Crippen LogP) is 3.12. The maximum absolute atomic E-state index is 13.4. The molecule has 2 aromatic rings. The summed E-state index contributed by atoms with van der Waals surface area (Å²) in [5.74, 6) is -2.41. The molecule has 3 rings (SSSR count). The van der Waals surface area contributed by atoms with Crippen LogP contribution in [0, 0.1) is 5.82 Å². The van der Waals surface area contributed by atoms with Crippen molar-refractivity contribution in [2.24, 2.45) is 0 Å². The minimum Gasteiger partial charge on any atom is -0.462 e. The molecule has 1 aliphatic heterocycles. The Labute approximate surface area is 192 Å². The molecule has 0 bridgehead atoms. The zero-order chi connectivity index (χ0) is 24.6. The fraction of sp³-hybridized carbons (Fsp3) is 0.348. The molecule has 176 valence electrons. The van der Waals surface area contributed by atoms with Crippen LogP contribution < -0.4 is 4.90 Å². The van der Waals surface area contributed by atoms with E-state index in [1.807, 2.05) is 0 Å². The number of amides is 2. The second kappa shape index (κ2) is 9.03. The van der Waals surface area contributed by atoms with Gasteiger partial charge in [-0.25, -0.2) is 22.5 Å². The number of nitrogens with zero attached hydrogens (tertiary/aromatic N) is 2. The summed E-state index contributed by atoms with van der Waals surface area (Å²) >= 11 is 0. The number of carbonyl (C=O) groups is 3. The highest BCUT2D eigenvalue weighted by atomic mass is 32.2. The van der Waals surface area contributed by atoms with Crippen LogP contribution in [-0.4, -0.2) is 48.7 Å². The Morgan fingerprint density at radius 3 is 2.18 bits per heavy atom. The largest absolute Gasteiger partial charge is 0.462 e. The summed E-state index contributed by atoms with van der Waals surface area (Å²) in [5.41, 5.74) is -0.586. The highest BCUT2D eigenvalue weighted by Gasteiger charge is 2.50. The van der Waals surface area contributed by atoms with E-state index in [1.165, 1.54) is 24.3 Å². The van der Waals surface area contributed by atoms with Crippen molar-refractivity contribution in [2.75, 3.05) is 11.5 Å². The first kappa shape index (κ1) is 24.5. The number of sulfonamides is 1. The molecule has 2 aromatic carbocycles. The molecule has 0 aromatic heterocycles. The van der Waals surface area contributed by atoms with Gasteiger partial charge >= 0.3 is 5.97 Å². The number of imide groups is 1. The highest BCUT2D eigenvalue weighted by molar-refractivity contribution is 7.89. The summed E-state index contributed by atoms with van der Waals surface area (Å²) in [4.78, 5) is 38.7. The average Bonchev–Trinajstić information content (AvgIpc) is 3.01. The average molecular weight is 477 g/mol. The topological polar surface area (TPSA) is 101 Å². The van der Waals surface area contributed by atoms with Gasteiger partial charge in [0.1, 0.15) is 11.9 Å². The van der Waals surface area contributed by atoms with E-state index in [2.05, 4.69) is 0 Å². The van der Waals surface area contributed by atoms with Gasteiger partial charge in [0.25, 0.3) is 5.91 Å². The first-order valence-electron chi connectivity index (χ1n) is 10.3. The molecular formula is C23H25FN2O6S. The zero-order valence-electron chi connectivity index (χ0n) is 18.7. The maximum atomic E-state index is 13.4. The van der Waals surface area contributed by atoms with Crippen molar-refractivity contribution in [2.45, 2.75) is 50.6 Å². The molecule has 1 aliphatic rings. The fourth-order valence-corrected chi connectivity index (χ4v) is 5.68. The van der Waals surface area contributed by atoms with Crippen molar-refractivity contribution < 1.29 is 31.9 Å². The van der Waals surface area contributed by atoms with E-state index in [4.69, 9.17) is 4.74 Å². The second-order valence-electron chi connectivity index (χ2n) is 8.48. The Kier molecular flexibility index (Phi) is 6.71. The third-order valence-corrected chi connectivity index (χ3v) is 7.26. The number of esters is 1. The molecule has 2 amide bonds. The molecule has 1 unspecified atom stereocenters. The van der Waals surface area contributed by atoms with E-state index < -0.39 is 45.2 Å². The Balaban J connectivity index is 1.97. The van der Waals surface area contributed by atoms with E-state index in [1.54, 1.807) is 27.7 Å². The summed E-state index contributed by atoms with van der Waals surface area (Å²) in [6.45, 7) is 6.72. The lowest BCUT2D eigenvalue weighted by Gasteiger charge is -2.37. The molecule has 1 saturated heterocycles. The zero-order valence-corrected chi connectivity index (χ0v) is 19.6. The predicted molar refractivity (Wildman–Crippen MR) is 118 cm³/mol. The van der Waals surface area contributed by atoms with Crippen molar-refractivity contribution >= 4 is 33.5 Å². The molecule has 10 heteroatoms. The van der Waals surface area contributed by atoms with E-state index in [-0.39, 0.29) is 29.2 Å².